The lowest BCUT2D eigenvalue weighted by Gasteiger charge is -2.13. The summed E-state index contributed by atoms with van der Waals surface area (Å²) < 4.78 is 13.2. The third-order valence-electron chi connectivity index (χ3n) is 1.96. The van der Waals surface area contributed by atoms with Gasteiger partial charge < -0.3 is 0 Å². The molecule has 0 unspecified atom stereocenters. The van der Waals surface area contributed by atoms with Gasteiger partial charge in [-0.15, -0.1) is 11.8 Å². The molecule has 0 fully saturated rings. The zero-order valence-electron chi connectivity index (χ0n) is 8.96. The zero-order chi connectivity index (χ0) is 11.3. The average molecular weight is 223 g/mol. The molecule has 80 valence electrons. The predicted octanol–water partition coefficient (Wildman–Crippen LogP) is 3.79. The molecule has 0 aliphatic heterocycles. The smallest absolute Gasteiger partial charge is 0.106 e. The van der Waals surface area contributed by atoms with Crippen molar-refractivity contribution in [1.82, 2.24) is 0 Å². The van der Waals surface area contributed by atoms with E-state index >= 15 is 0 Å². The van der Waals surface area contributed by atoms with E-state index in [4.69, 9.17) is 5.26 Å². The van der Waals surface area contributed by atoms with Gasteiger partial charge in [-0.05, 0) is 32.4 Å². The van der Waals surface area contributed by atoms with Crippen molar-refractivity contribution in [3.63, 3.8) is 0 Å². The maximum Gasteiger partial charge on any atom is 0.106 e. The van der Waals surface area contributed by atoms with Gasteiger partial charge in [0.1, 0.15) is 11.7 Å². The number of nitriles is 1. The summed E-state index contributed by atoms with van der Waals surface area (Å²) in [6.45, 7) is 3.15. The van der Waals surface area contributed by atoms with E-state index in [0.717, 1.165) is 4.90 Å². The molecule has 15 heavy (non-hydrogen) atoms. The van der Waals surface area contributed by atoms with E-state index in [2.05, 4.69) is 6.07 Å². The normalized spacial score (nSPS) is 11.1. The van der Waals surface area contributed by atoms with E-state index in [1.807, 2.05) is 18.2 Å². The second kappa shape index (κ2) is 5.18. The minimum atomic E-state index is -1.13. The number of benzene rings is 1. The van der Waals surface area contributed by atoms with Gasteiger partial charge in [0, 0.05) is 10.6 Å². The van der Waals surface area contributed by atoms with Gasteiger partial charge in [0.25, 0.3) is 0 Å². The average Bonchev–Trinajstić information content (AvgIpc) is 2.16. The van der Waals surface area contributed by atoms with Crippen molar-refractivity contribution in [2.75, 3.05) is 5.75 Å². The molecule has 0 N–H and O–H groups in total. The molecular weight excluding hydrogens is 209 g/mol. The first-order chi connectivity index (χ1) is 7.03. The fourth-order valence-electron chi connectivity index (χ4n) is 1.09. The van der Waals surface area contributed by atoms with Crippen LogP contribution < -0.4 is 0 Å². The highest BCUT2D eigenvalue weighted by Crippen LogP contribution is 2.25. The highest BCUT2D eigenvalue weighted by atomic mass is 32.2. The fraction of sp³-hybridized carbons (Fsp3) is 0.417. The van der Waals surface area contributed by atoms with Gasteiger partial charge in [0.2, 0.25) is 0 Å². The third kappa shape index (κ3) is 4.35. The van der Waals surface area contributed by atoms with Crippen LogP contribution in [-0.2, 0) is 0 Å². The number of halogens is 1. The molecule has 0 spiro atoms. The summed E-state index contributed by atoms with van der Waals surface area (Å²) in [6, 6.07) is 9.53. The Balaban J connectivity index is 2.55. The van der Waals surface area contributed by atoms with Crippen LogP contribution in [0.5, 0.6) is 0 Å². The Labute approximate surface area is 94.3 Å². The lowest BCUT2D eigenvalue weighted by molar-refractivity contribution is 0.212. The predicted molar refractivity (Wildman–Crippen MR) is 61.7 cm³/mol. The van der Waals surface area contributed by atoms with E-state index in [-0.39, 0.29) is 0 Å². The van der Waals surface area contributed by atoms with Crippen molar-refractivity contribution in [1.29, 1.82) is 5.26 Å². The van der Waals surface area contributed by atoms with E-state index in [0.29, 0.717) is 17.7 Å². The Kier molecular flexibility index (Phi) is 4.16. The van der Waals surface area contributed by atoms with Crippen molar-refractivity contribution in [2.24, 2.45) is 0 Å². The number of hydrogen-bond donors (Lipinski definition) is 0. The van der Waals surface area contributed by atoms with Crippen LogP contribution in [0.25, 0.3) is 0 Å². The monoisotopic (exact) mass is 223 g/mol. The number of nitrogens with zero attached hydrogens (tertiary/aromatic N) is 1. The topological polar surface area (TPSA) is 23.8 Å². The number of alkyl halides is 1. The van der Waals surface area contributed by atoms with Crippen LogP contribution in [-0.4, -0.2) is 11.4 Å². The lowest BCUT2D eigenvalue weighted by atomic mass is 10.1. The van der Waals surface area contributed by atoms with Gasteiger partial charge in [-0.25, -0.2) is 4.39 Å². The molecule has 1 rings (SSSR count). The minimum Gasteiger partial charge on any atom is -0.244 e. The Morgan fingerprint density at radius 3 is 2.67 bits per heavy atom. The van der Waals surface area contributed by atoms with Crippen LogP contribution in [0.2, 0.25) is 0 Å². The quantitative estimate of drug-likeness (QED) is 0.725. The van der Waals surface area contributed by atoms with E-state index in [1.165, 1.54) is 11.8 Å². The first kappa shape index (κ1) is 12.1. The Bertz CT molecular complexity index is 363. The molecule has 0 aliphatic rings. The van der Waals surface area contributed by atoms with Crippen molar-refractivity contribution in [3.05, 3.63) is 29.8 Å². The summed E-state index contributed by atoms with van der Waals surface area (Å²) in [5.74, 6) is 0.697. The number of rotatable bonds is 4. The molecular formula is C12H14FNS. The molecule has 1 aromatic rings. The molecule has 0 bridgehead atoms. The number of thioether (sulfide) groups is 1. The molecule has 0 aromatic heterocycles. The van der Waals surface area contributed by atoms with Gasteiger partial charge >= 0.3 is 0 Å². The molecule has 3 heteroatoms. The molecule has 0 saturated carbocycles. The molecule has 0 amide bonds. The largest absolute Gasteiger partial charge is 0.244 e. The van der Waals surface area contributed by atoms with Crippen LogP contribution in [0, 0.1) is 11.3 Å². The van der Waals surface area contributed by atoms with Gasteiger partial charge in [0.15, 0.2) is 0 Å². The van der Waals surface area contributed by atoms with Crippen LogP contribution >= 0.6 is 11.8 Å². The first-order valence-electron chi connectivity index (χ1n) is 4.84. The van der Waals surface area contributed by atoms with Crippen LogP contribution in [0.15, 0.2) is 29.2 Å². The van der Waals surface area contributed by atoms with E-state index in [1.54, 1.807) is 19.9 Å². The second-order valence-corrected chi connectivity index (χ2v) is 5.06. The molecule has 1 nitrogen and oxygen atoms in total. The zero-order valence-corrected chi connectivity index (χ0v) is 9.77. The Hall–Kier alpha value is -1.01. The van der Waals surface area contributed by atoms with E-state index in [9.17, 15) is 4.39 Å². The van der Waals surface area contributed by atoms with Crippen LogP contribution in [0.1, 0.15) is 25.8 Å². The summed E-state index contributed by atoms with van der Waals surface area (Å²) in [5, 5.41) is 8.84. The molecule has 0 aliphatic carbocycles. The minimum absolute atomic E-state index is 0.497. The van der Waals surface area contributed by atoms with E-state index < -0.39 is 5.67 Å². The number of hydrogen-bond acceptors (Lipinski definition) is 2. The summed E-state index contributed by atoms with van der Waals surface area (Å²) in [6.07, 6.45) is 0.497. The fourth-order valence-corrected chi connectivity index (χ4v) is 2.34. The van der Waals surface area contributed by atoms with Gasteiger partial charge in [-0.1, -0.05) is 12.1 Å². The molecule has 0 heterocycles. The maximum absolute atomic E-state index is 13.2. The van der Waals surface area contributed by atoms with Crippen molar-refractivity contribution < 1.29 is 4.39 Å². The molecule has 0 saturated heterocycles. The molecule has 0 atom stereocenters. The van der Waals surface area contributed by atoms with Gasteiger partial charge in [-0.2, -0.15) is 5.26 Å². The van der Waals surface area contributed by atoms with Crippen molar-refractivity contribution in [3.8, 4) is 6.07 Å². The van der Waals surface area contributed by atoms with Crippen LogP contribution in [0.3, 0.4) is 0 Å². The standard InChI is InChI=1S/C12H14FNS/c1-12(2,13)7-8-15-11-6-4-3-5-10(11)9-14/h3-6H,7-8H2,1-2H3. The lowest BCUT2D eigenvalue weighted by Crippen LogP contribution is -2.12. The van der Waals surface area contributed by atoms with Gasteiger partial charge in [0.05, 0.1) is 5.56 Å². The Morgan fingerprint density at radius 2 is 2.07 bits per heavy atom. The summed E-state index contributed by atoms with van der Waals surface area (Å²) in [4.78, 5) is 0.934. The first-order valence-corrected chi connectivity index (χ1v) is 5.82. The highest BCUT2D eigenvalue weighted by Gasteiger charge is 2.15. The van der Waals surface area contributed by atoms with Crippen LogP contribution in [0.4, 0.5) is 4.39 Å². The van der Waals surface area contributed by atoms with Crippen molar-refractivity contribution >= 4 is 11.8 Å². The SMILES string of the molecule is CC(C)(F)CCSc1ccccc1C#N. The third-order valence-corrected chi connectivity index (χ3v) is 3.04. The summed E-state index contributed by atoms with van der Waals surface area (Å²) in [5.41, 5.74) is -0.464. The van der Waals surface area contributed by atoms with Crippen molar-refractivity contribution in [2.45, 2.75) is 30.8 Å². The summed E-state index contributed by atoms with van der Waals surface area (Å²) in [7, 11) is 0. The Morgan fingerprint density at radius 1 is 1.40 bits per heavy atom. The highest BCUT2D eigenvalue weighted by molar-refractivity contribution is 7.99. The summed E-state index contributed by atoms with van der Waals surface area (Å²) >= 11 is 1.54. The molecule has 1 aromatic carbocycles. The maximum atomic E-state index is 13.2. The van der Waals surface area contributed by atoms with Gasteiger partial charge in [-0.3, -0.25) is 0 Å². The second-order valence-electron chi connectivity index (χ2n) is 3.93. The molecule has 0 radical (unpaired) electrons.